The Labute approximate surface area is 117 Å². The van der Waals surface area contributed by atoms with E-state index >= 15 is 0 Å². The molecule has 0 saturated heterocycles. The van der Waals surface area contributed by atoms with Gasteiger partial charge in [0.15, 0.2) is 0 Å². The summed E-state index contributed by atoms with van der Waals surface area (Å²) >= 11 is 0. The second-order valence-corrected chi connectivity index (χ2v) is 4.59. The van der Waals surface area contributed by atoms with Crippen molar-refractivity contribution in [1.29, 1.82) is 0 Å². The summed E-state index contributed by atoms with van der Waals surface area (Å²) in [6, 6.07) is 3.44. The molecule has 0 aliphatic heterocycles. The van der Waals surface area contributed by atoms with Crippen LogP contribution < -0.4 is 10.6 Å². The molecule has 2 aromatic rings. The van der Waals surface area contributed by atoms with E-state index in [-0.39, 0.29) is 5.91 Å². The Kier molecular flexibility index (Phi) is 4.02. The lowest BCUT2D eigenvalue weighted by Crippen LogP contribution is -2.13. The first kappa shape index (κ1) is 14.0. The zero-order chi connectivity index (χ0) is 14.7. The molecule has 0 spiro atoms. The summed E-state index contributed by atoms with van der Waals surface area (Å²) in [5.74, 6) is 0.823. The second kappa shape index (κ2) is 5.73. The van der Waals surface area contributed by atoms with E-state index < -0.39 is 0 Å². The molecular formula is C14H18N4O2. The number of nitrogens with one attached hydrogen (secondary N) is 2. The molecule has 0 aliphatic rings. The number of pyridine rings is 1. The van der Waals surface area contributed by atoms with Crippen LogP contribution in [0, 0.1) is 20.8 Å². The zero-order valence-electron chi connectivity index (χ0n) is 12.1. The quantitative estimate of drug-likeness (QED) is 0.896. The molecule has 1 amide bonds. The SMILES string of the molecule is CCNc1cc(C(=O)Nc2onc(C)c2C)cc(C)n1. The van der Waals surface area contributed by atoms with Gasteiger partial charge in [-0.1, -0.05) is 5.16 Å². The highest BCUT2D eigenvalue weighted by Crippen LogP contribution is 2.19. The monoisotopic (exact) mass is 274 g/mol. The zero-order valence-corrected chi connectivity index (χ0v) is 12.1. The third-order valence-corrected chi connectivity index (χ3v) is 2.96. The van der Waals surface area contributed by atoms with E-state index in [2.05, 4.69) is 20.8 Å². The van der Waals surface area contributed by atoms with E-state index in [0.29, 0.717) is 17.3 Å². The van der Waals surface area contributed by atoms with Crippen molar-refractivity contribution in [3.63, 3.8) is 0 Å². The van der Waals surface area contributed by atoms with Crippen LogP contribution in [0.25, 0.3) is 0 Å². The lowest BCUT2D eigenvalue weighted by atomic mass is 10.2. The second-order valence-electron chi connectivity index (χ2n) is 4.59. The van der Waals surface area contributed by atoms with Gasteiger partial charge < -0.3 is 9.84 Å². The number of aryl methyl sites for hydroxylation is 2. The average Bonchev–Trinajstić information content (AvgIpc) is 2.70. The maximum atomic E-state index is 12.2. The van der Waals surface area contributed by atoms with Crippen LogP contribution in [0.5, 0.6) is 0 Å². The van der Waals surface area contributed by atoms with E-state index in [1.54, 1.807) is 12.1 Å². The van der Waals surface area contributed by atoms with Gasteiger partial charge >= 0.3 is 0 Å². The smallest absolute Gasteiger partial charge is 0.258 e. The van der Waals surface area contributed by atoms with Crippen molar-refractivity contribution in [3.8, 4) is 0 Å². The molecule has 2 heterocycles. The number of carbonyl (C=O) groups excluding carboxylic acids is 1. The number of carbonyl (C=O) groups is 1. The van der Waals surface area contributed by atoms with Gasteiger partial charge in [-0.05, 0) is 39.8 Å². The molecule has 0 radical (unpaired) electrons. The molecule has 2 rings (SSSR count). The molecule has 6 heteroatoms. The maximum Gasteiger partial charge on any atom is 0.258 e. The van der Waals surface area contributed by atoms with Crippen molar-refractivity contribution < 1.29 is 9.32 Å². The Balaban J connectivity index is 2.22. The first-order chi connectivity index (χ1) is 9.51. The number of rotatable bonds is 4. The third-order valence-electron chi connectivity index (χ3n) is 2.96. The minimum atomic E-state index is -0.242. The van der Waals surface area contributed by atoms with Crippen molar-refractivity contribution in [1.82, 2.24) is 10.1 Å². The van der Waals surface area contributed by atoms with Gasteiger partial charge in [-0.15, -0.1) is 0 Å². The molecule has 0 fully saturated rings. The van der Waals surface area contributed by atoms with Gasteiger partial charge in [-0.25, -0.2) is 4.98 Å². The minimum absolute atomic E-state index is 0.242. The van der Waals surface area contributed by atoms with Gasteiger partial charge in [0.05, 0.1) is 5.69 Å². The molecule has 106 valence electrons. The van der Waals surface area contributed by atoms with Crippen LogP contribution >= 0.6 is 0 Å². The normalized spacial score (nSPS) is 10.4. The van der Waals surface area contributed by atoms with Gasteiger partial charge in [0.25, 0.3) is 5.91 Å². The lowest BCUT2D eigenvalue weighted by molar-refractivity contribution is 0.102. The molecule has 20 heavy (non-hydrogen) atoms. The van der Waals surface area contributed by atoms with Gasteiger partial charge in [0, 0.05) is 23.4 Å². The lowest BCUT2D eigenvalue weighted by Gasteiger charge is -2.07. The minimum Gasteiger partial charge on any atom is -0.370 e. The predicted octanol–water partition coefficient (Wildman–Crippen LogP) is 2.68. The topological polar surface area (TPSA) is 80.0 Å². The summed E-state index contributed by atoms with van der Waals surface area (Å²) in [7, 11) is 0. The molecule has 0 bridgehead atoms. The summed E-state index contributed by atoms with van der Waals surface area (Å²) in [5.41, 5.74) is 2.90. The van der Waals surface area contributed by atoms with E-state index in [9.17, 15) is 4.79 Å². The van der Waals surface area contributed by atoms with Gasteiger partial charge in [0.2, 0.25) is 5.88 Å². The molecule has 6 nitrogen and oxygen atoms in total. The maximum absolute atomic E-state index is 12.2. The Morgan fingerprint density at radius 2 is 2.05 bits per heavy atom. The largest absolute Gasteiger partial charge is 0.370 e. The van der Waals surface area contributed by atoms with Crippen molar-refractivity contribution in [2.24, 2.45) is 0 Å². The van der Waals surface area contributed by atoms with Gasteiger partial charge in [0.1, 0.15) is 5.82 Å². The van der Waals surface area contributed by atoms with Crippen LogP contribution in [0.3, 0.4) is 0 Å². The molecule has 0 aliphatic carbocycles. The standard InChI is InChI=1S/C14H18N4O2/c1-5-15-12-7-11(6-8(2)16-12)13(19)17-14-9(3)10(4)18-20-14/h6-7H,5H2,1-4H3,(H,15,16)(H,17,19). The van der Waals surface area contributed by atoms with Crippen LogP contribution in [-0.4, -0.2) is 22.6 Å². The molecule has 0 saturated carbocycles. The summed E-state index contributed by atoms with van der Waals surface area (Å²) in [5, 5.41) is 9.63. The van der Waals surface area contributed by atoms with Crippen molar-refractivity contribution >= 4 is 17.6 Å². The number of hydrogen-bond donors (Lipinski definition) is 2. The van der Waals surface area contributed by atoms with Crippen molar-refractivity contribution in [2.45, 2.75) is 27.7 Å². The number of anilines is 2. The highest BCUT2D eigenvalue weighted by atomic mass is 16.5. The average molecular weight is 274 g/mol. The summed E-state index contributed by atoms with van der Waals surface area (Å²) in [6.45, 7) is 8.25. The van der Waals surface area contributed by atoms with Gasteiger partial charge in [-0.3, -0.25) is 10.1 Å². The highest BCUT2D eigenvalue weighted by molar-refractivity contribution is 6.04. The Bertz CT molecular complexity index is 634. The fraction of sp³-hybridized carbons (Fsp3) is 0.357. The van der Waals surface area contributed by atoms with Crippen LogP contribution in [-0.2, 0) is 0 Å². The Morgan fingerprint density at radius 1 is 1.30 bits per heavy atom. The van der Waals surface area contributed by atoms with E-state index in [4.69, 9.17) is 4.52 Å². The van der Waals surface area contributed by atoms with Crippen molar-refractivity contribution in [2.75, 3.05) is 17.2 Å². The molecular weight excluding hydrogens is 256 g/mol. The molecule has 0 atom stereocenters. The molecule has 2 N–H and O–H groups in total. The van der Waals surface area contributed by atoms with E-state index in [1.807, 2.05) is 27.7 Å². The van der Waals surface area contributed by atoms with E-state index in [1.165, 1.54) is 0 Å². The third kappa shape index (κ3) is 2.96. The summed E-state index contributed by atoms with van der Waals surface area (Å²) in [4.78, 5) is 16.5. The van der Waals surface area contributed by atoms with Crippen LogP contribution in [0.15, 0.2) is 16.7 Å². The molecule has 0 aromatic carbocycles. The van der Waals surface area contributed by atoms with Crippen LogP contribution in [0.1, 0.15) is 34.2 Å². The highest BCUT2D eigenvalue weighted by Gasteiger charge is 2.14. The molecule has 2 aromatic heterocycles. The van der Waals surface area contributed by atoms with Crippen LogP contribution in [0.2, 0.25) is 0 Å². The first-order valence-corrected chi connectivity index (χ1v) is 6.48. The summed E-state index contributed by atoms with van der Waals surface area (Å²) in [6.07, 6.45) is 0. The fourth-order valence-electron chi connectivity index (χ4n) is 1.78. The Morgan fingerprint density at radius 3 is 2.65 bits per heavy atom. The first-order valence-electron chi connectivity index (χ1n) is 6.48. The number of nitrogens with zero attached hydrogens (tertiary/aromatic N) is 2. The summed E-state index contributed by atoms with van der Waals surface area (Å²) < 4.78 is 5.08. The molecule has 0 unspecified atom stereocenters. The van der Waals surface area contributed by atoms with Gasteiger partial charge in [-0.2, -0.15) is 0 Å². The Hall–Kier alpha value is -2.37. The number of aromatic nitrogens is 2. The number of amides is 1. The fourth-order valence-corrected chi connectivity index (χ4v) is 1.78. The van der Waals surface area contributed by atoms with E-state index in [0.717, 1.165) is 23.5 Å². The predicted molar refractivity (Wildman–Crippen MR) is 77.1 cm³/mol. The van der Waals surface area contributed by atoms with Crippen molar-refractivity contribution in [3.05, 3.63) is 34.6 Å². The number of hydrogen-bond acceptors (Lipinski definition) is 5. The van der Waals surface area contributed by atoms with Crippen LogP contribution in [0.4, 0.5) is 11.7 Å².